The van der Waals surface area contributed by atoms with Crippen LogP contribution in [0, 0.1) is 0 Å². The topological polar surface area (TPSA) is 16.4 Å². The molecule has 0 amide bonds. The van der Waals surface area contributed by atoms with Crippen molar-refractivity contribution >= 4 is 99.7 Å². The molecule has 0 saturated heterocycles. The first-order chi connectivity index (χ1) is 25.5. The number of fused-ring (bicyclic) bond motifs is 11. The van der Waals surface area contributed by atoms with E-state index < -0.39 is 8.07 Å². The van der Waals surface area contributed by atoms with Gasteiger partial charge in [0.05, 0.1) is 0 Å². The zero-order valence-corrected chi connectivity index (χ0v) is 30.7. The third-order valence-electron chi connectivity index (χ3n) is 11.3. The molecule has 0 fully saturated rings. The lowest BCUT2D eigenvalue weighted by Gasteiger charge is -2.27. The number of hydrogen-bond acceptors (Lipinski definition) is 3. The van der Waals surface area contributed by atoms with Gasteiger partial charge in [0.15, 0.2) is 0 Å². The molecule has 2 aromatic heterocycles. The highest BCUT2D eigenvalue weighted by molar-refractivity contribution is 7.26. The van der Waals surface area contributed by atoms with Gasteiger partial charge in [-0.15, -0.1) is 11.3 Å². The highest BCUT2D eigenvalue weighted by Crippen LogP contribution is 2.45. The van der Waals surface area contributed by atoms with Gasteiger partial charge < -0.3 is 9.32 Å². The Labute approximate surface area is 306 Å². The molecule has 246 valence electrons. The molecule has 52 heavy (non-hydrogen) atoms. The second-order valence-electron chi connectivity index (χ2n) is 14.5. The molecule has 8 aromatic carbocycles. The van der Waals surface area contributed by atoms with Gasteiger partial charge in [0.1, 0.15) is 19.2 Å². The van der Waals surface area contributed by atoms with Crippen LogP contribution in [0.4, 0.5) is 17.1 Å². The summed E-state index contributed by atoms with van der Waals surface area (Å²) < 4.78 is 9.16. The number of hydrogen-bond donors (Lipinski definition) is 0. The number of nitrogens with zero attached hydrogens (tertiary/aromatic N) is 1. The third-order valence-corrected chi connectivity index (χ3v) is 15.9. The summed E-state index contributed by atoms with van der Waals surface area (Å²) in [6.07, 6.45) is 0. The Morgan fingerprint density at radius 3 is 2.06 bits per heavy atom. The van der Waals surface area contributed by atoms with Crippen LogP contribution in [0.3, 0.4) is 0 Å². The minimum Gasteiger partial charge on any atom is -0.456 e. The average molecular weight is 700 g/mol. The normalized spacial score (nSPS) is 13.3. The standard InChI is InChI=1S/C48H33NOSSi/c1-52(2)45-27-26-44-47(39-14-6-8-17-43(39)51-44)48(45)40-25-23-34(29-46(40)52)49(33-22-24-38-37-13-5-7-16-41(37)50-42(38)28-33)32-20-18-31(19-21-32)36-15-9-11-30-10-3-4-12-35(30)36/h3-29H,1-2H3. The number of rotatable bonds is 4. The van der Waals surface area contributed by atoms with Crippen LogP contribution in [0.5, 0.6) is 0 Å². The van der Waals surface area contributed by atoms with Crippen LogP contribution >= 0.6 is 11.3 Å². The van der Waals surface area contributed by atoms with Crippen molar-refractivity contribution < 1.29 is 4.42 Å². The van der Waals surface area contributed by atoms with Crippen molar-refractivity contribution in [3.63, 3.8) is 0 Å². The minimum absolute atomic E-state index is 0.895. The van der Waals surface area contributed by atoms with Crippen molar-refractivity contribution in [2.45, 2.75) is 13.1 Å². The predicted octanol–water partition coefficient (Wildman–Crippen LogP) is 13.0. The summed E-state index contributed by atoms with van der Waals surface area (Å²) in [6.45, 7) is 5.04. The van der Waals surface area contributed by atoms with E-state index in [4.69, 9.17) is 4.42 Å². The van der Waals surface area contributed by atoms with Crippen molar-refractivity contribution in [2.24, 2.45) is 0 Å². The number of anilines is 3. The Morgan fingerprint density at radius 2 is 1.17 bits per heavy atom. The van der Waals surface area contributed by atoms with Gasteiger partial charge in [-0.05, 0) is 98.0 Å². The molecular formula is C48H33NOSSi. The molecule has 0 unspecified atom stereocenters. The molecule has 0 bridgehead atoms. The van der Waals surface area contributed by atoms with Crippen molar-refractivity contribution in [2.75, 3.05) is 4.90 Å². The van der Waals surface area contributed by atoms with E-state index in [1.807, 2.05) is 17.4 Å². The number of thiophene rings is 1. The SMILES string of the molecule is C[Si]1(C)c2cc(N(c3ccc(-c4cccc5ccccc45)cc3)c3ccc4c(c3)oc3ccccc34)ccc2-c2c1ccc1sc3ccccc3c21. The maximum Gasteiger partial charge on any atom is 0.137 e. The van der Waals surface area contributed by atoms with Crippen molar-refractivity contribution in [1.29, 1.82) is 0 Å². The molecule has 2 nitrogen and oxygen atoms in total. The van der Waals surface area contributed by atoms with Gasteiger partial charge in [0.2, 0.25) is 0 Å². The second kappa shape index (κ2) is 11.0. The highest BCUT2D eigenvalue weighted by Gasteiger charge is 2.39. The maximum atomic E-state index is 6.43. The summed E-state index contributed by atoms with van der Waals surface area (Å²) in [5.74, 6) is 0. The van der Waals surface area contributed by atoms with E-state index >= 15 is 0 Å². The lowest BCUT2D eigenvalue weighted by Crippen LogP contribution is -2.49. The van der Waals surface area contributed by atoms with E-state index in [2.05, 4.69) is 176 Å². The molecule has 0 aliphatic carbocycles. The summed E-state index contributed by atoms with van der Waals surface area (Å²) in [5, 5.41) is 10.6. The van der Waals surface area contributed by atoms with Gasteiger partial charge in [-0.3, -0.25) is 0 Å². The smallest absolute Gasteiger partial charge is 0.137 e. The maximum absolute atomic E-state index is 6.43. The Morgan fingerprint density at radius 1 is 0.481 bits per heavy atom. The molecular weight excluding hydrogens is 667 g/mol. The Bertz CT molecular complexity index is 3050. The Kier molecular flexibility index (Phi) is 6.31. The first kappa shape index (κ1) is 29.8. The van der Waals surface area contributed by atoms with Crippen LogP contribution in [0.1, 0.15) is 0 Å². The quantitative estimate of drug-likeness (QED) is 0.170. The Balaban J connectivity index is 1.10. The molecule has 3 heterocycles. The fourth-order valence-electron chi connectivity index (χ4n) is 8.74. The molecule has 0 radical (unpaired) electrons. The molecule has 0 spiro atoms. The van der Waals surface area contributed by atoms with Gasteiger partial charge in [0, 0.05) is 54.1 Å². The lowest BCUT2D eigenvalue weighted by atomic mass is 9.98. The molecule has 4 heteroatoms. The van der Waals surface area contributed by atoms with E-state index in [-0.39, 0.29) is 0 Å². The summed E-state index contributed by atoms with van der Waals surface area (Å²) >= 11 is 1.91. The van der Waals surface area contributed by atoms with Crippen LogP contribution in [0.25, 0.3) is 75.1 Å². The number of benzene rings is 8. The zero-order valence-electron chi connectivity index (χ0n) is 28.9. The third kappa shape index (κ3) is 4.29. The fourth-order valence-corrected chi connectivity index (χ4v) is 12.9. The van der Waals surface area contributed by atoms with E-state index in [0.29, 0.717) is 0 Å². The predicted molar refractivity (Wildman–Crippen MR) is 226 cm³/mol. The van der Waals surface area contributed by atoms with Crippen molar-refractivity contribution in [3.05, 3.63) is 164 Å². The summed E-state index contributed by atoms with van der Waals surface area (Å²) in [5.41, 5.74) is 10.4. The van der Waals surface area contributed by atoms with Crippen LogP contribution in [-0.4, -0.2) is 8.07 Å². The monoisotopic (exact) mass is 699 g/mol. The number of para-hydroxylation sites is 1. The van der Waals surface area contributed by atoms with E-state index in [1.165, 1.54) is 63.6 Å². The van der Waals surface area contributed by atoms with Crippen LogP contribution in [-0.2, 0) is 0 Å². The molecule has 1 aliphatic heterocycles. The Hall–Kier alpha value is -5.94. The zero-order chi connectivity index (χ0) is 34.6. The minimum atomic E-state index is -2.02. The first-order valence-corrected chi connectivity index (χ1v) is 21.7. The molecule has 11 rings (SSSR count). The van der Waals surface area contributed by atoms with Gasteiger partial charge in [0.25, 0.3) is 0 Å². The number of furan rings is 1. The van der Waals surface area contributed by atoms with Crippen LogP contribution < -0.4 is 15.3 Å². The van der Waals surface area contributed by atoms with E-state index in [1.54, 1.807) is 0 Å². The molecule has 10 aromatic rings. The summed E-state index contributed by atoms with van der Waals surface area (Å²) in [6, 6.07) is 60.2. The fraction of sp³-hybridized carbons (Fsp3) is 0.0417. The van der Waals surface area contributed by atoms with Crippen LogP contribution in [0.15, 0.2) is 168 Å². The summed E-state index contributed by atoms with van der Waals surface area (Å²) in [7, 11) is -2.02. The largest absolute Gasteiger partial charge is 0.456 e. The van der Waals surface area contributed by atoms with E-state index in [0.717, 1.165) is 39.0 Å². The molecule has 0 N–H and O–H groups in total. The molecule has 0 saturated carbocycles. The molecule has 1 aliphatic rings. The first-order valence-electron chi connectivity index (χ1n) is 17.9. The van der Waals surface area contributed by atoms with Crippen LogP contribution in [0.2, 0.25) is 13.1 Å². The van der Waals surface area contributed by atoms with Gasteiger partial charge in [-0.25, -0.2) is 0 Å². The van der Waals surface area contributed by atoms with Gasteiger partial charge in [-0.1, -0.05) is 116 Å². The molecule has 0 atom stereocenters. The van der Waals surface area contributed by atoms with E-state index in [9.17, 15) is 0 Å². The van der Waals surface area contributed by atoms with Crippen molar-refractivity contribution in [1.82, 2.24) is 0 Å². The average Bonchev–Trinajstić information content (AvgIpc) is 3.82. The summed E-state index contributed by atoms with van der Waals surface area (Å²) in [4.78, 5) is 2.41. The van der Waals surface area contributed by atoms with Gasteiger partial charge in [-0.2, -0.15) is 0 Å². The van der Waals surface area contributed by atoms with Crippen molar-refractivity contribution in [3.8, 4) is 22.3 Å². The highest BCUT2D eigenvalue weighted by atomic mass is 32.1. The second-order valence-corrected chi connectivity index (χ2v) is 19.9. The van der Waals surface area contributed by atoms with Gasteiger partial charge >= 0.3 is 0 Å². The lowest BCUT2D eigenvalue weighted by molar-refractivity contribution is 0.669.